The highest BCUT2D eigenvalue weighted by Gasteiger charge is 2.37. The molecule has 0 aromatic heterocycles. The summed E-state index contributed by atoms with van der Waals surface area (Å²) in [5.41, 5.74) is 1.35. The Hall–Kier alpha value is -1.81. The maximum Gasteiger partial charge on any atom is 0.339 e. The molecule has 4 heteroatoms. The number of carbonyl (C=O) groups is 1. The van der Waals surface area contributed by atoms with Crippen molar-refractivity contribution in [3.05, 3.63) is 47.2 Å². The second-order valence-corrected chi connectivity index (χ2v) is 8.18. The van der Waals surface area contributed by atoms with Crippen molar-refractivity contribution in [2.45, 2.75) is 58.6 Å². The number of ether oxygens (including phenoxy) is 1. The van der Waals surface area contributed by atoms with Crippen LogP contribution >= 0.6 is 0 Å². The molecule has 1 aliphatic carbocycles. The third-order valence-electron chi connectivity index (χ3n) is 5.88. The highest BCUT2D eigenvalue weighted by molar-refractivity contribution is 5.91. The average Bonchev–Trinajstić information content (AvgIpc) is 2.62. The van der Waals surface area contributed by atoms with E-state index < -0.39 is 0 Å². The van der Waals surface area contributed by atoms with Crippen molar-refractivity contribution >= 4 is 5.97 Å². The molecule has 0 radical (unpaired) electrons. The topological polar surface area (TPSA) is 58.6 Å². The Morgan fingerprint density at radius 3 is 2.65 bits per heavy atom. The van der Waals surface area contributed by atoms with Crippen molar-refractivity contribution in [1.29, 1.82) is 0 Å². The van der Waals surface area contributed by atoms with Crippen molar-refractivity contribution in [1.82, 2.24) is 5.32 Å². The molecule has 1 aliphatic heterocycles. The van der Waals surface area contributed by atoms with Gasteiger partial charge >= 0.3 is 5.97 Å². The Balaban J connectivity index is 1.82. The smallest absolute Gasteiger partial charge is 0.339 e. The Morgan fingerprint density at radius 2 is 1.96 bits per heavy atom. The summed E-state index contributed by atoms with van der Waals surface area (Å²) < 4.78 is 6.00. The minimum Gasteiger partial charge on any atom is -0.512 e. The average molecular weight is 357 g/mol. The number of benzene rings is 1. The van der Waals surface area contributed by atoms with Crippen LogP contribution in [0.5, 0.6) is 0 Å². The van der Waals surface area contributed by atoms with Gasteiger partial charge in [0, 0.05) is 13.0 Å². The zero-order chi connectivity index (χ0) is 18.7. The lowest BCUT2D eigenvalue weighted by molar-refractivity contribution is -0.152. The fourth-order valence-corrected chi connectivity index (χ4v) is 4.36. The molecular formula is C22H31NO3. The van der Waals surface area contributed by atoms with Gasteiger partial charge in [0.1, 0.15) is 11.9 Å². The summed E-state index contributed by atoms with van der Waals surface area (Å²) in [6.45, 7) is 7.28. The number of nitrogens with one attached hydrogen (secondary N) is 1. The van der Waals surface area contributed by atoms with Crippen LogP contribution in [-0.4, -0.2) is 23.7 Å². The molecule has 0 amide bonds. The van der Waals surface area contributed by atoms with Crippen molar-refractivity contribution < 1.29 is 14.6 Å². The standard InChI is InChI=1S/C22H31NO3/c1-14(2)17-10-9-15(3)13-19(17)26-22(25)20-18(24)11-12-23-21(20)16-7-5-4-6-8-16/h4-8,14-15,17,19,21,23-24H,9-13H2,1-3H3/t15-,17+,19-,21-/m1/s1. The lowest BCUT2D eigenvalue weighted by Crippen LogP contribution is -2.39. The number of carbonyl (C=O) groups excluding carboxylic acids is 1. The first kappa shape index (κ1) is 19.0. The SMILES string of the molecule is CC(C)[C@@H]1CC[C@@H](C)C[C@H]1OC(=O)C1=C(O)CCN[C@@H]1c1ccccc1. The molecule has 0 saturated heterocycles. The quantitative estimate of drug-likeness (QED) is 0.777. The summed E-state index contributed by atoms with van der Waals surface area (Å²) >= 11 is 0. The molecule has 142 valence electrons. The maximum absolute atomic E-state index is 13.1. The van der Waals surface area contributed by atoms with E-state index in [1.54, 1.807) is 0 Å². The van der Waals surface area contributed by atoms with Crippen molar-refractivity contribution in [3.8, 4) is 0 Å². The molecule has 1 aromatic rings. The molecule has 3 rings (SSSR count). The van der Waals surface area contributed by atoms with Gasteiger partial charge in [0.15, 0.2) is 0 Å². The second kappa shape index (κ2) is 8.26. The molecule has 1 aromatic carbocycles. The zero-order valence-corrected chi connectivity index (χ0v) is 16.1. The van der Waals surface area contributed by atoms with Gasteiger partial charge in [-0.15, -0.1) is 0 Å². The summed E-state index contributed by atoms with van der Waals surface area (Å²) in [5.74, 6) is 1.24. The second-order valence-electron chi connectivity index (χ2n) is 8.18. The first-order valence-corrected chi connectivity index (χ1v) is 9.88. The fraction of sp³-hybridized carbons (Fsp3) is 0.591. The van der Waals surface area contributed by atoms with Crippen LogP contribution in [-0.2, 0) is 9.53 Å². The Morgan fingerprint density at radius 1 is 1.23 bits per heavy atom. The molecule has 0 bridgehead atoms. The number of aliphatic hydroxyl groups excluding tert-OH is 1. The van der Waals surface area contributed by atoms with E-state index in [1.165, 1.54) is 6.42 Å². The molecule has 0 unspecified atom stereocenters. The number of aliphatic hydroxyl groups is 1. The summed E-state index contributed by atoms with van der Waals surface area (Å²) in [6.07, 6.45) is 3.60. The maximum atomic E-state index is 13.1. The highest BCUT2D eigenvalue weighted by Crippen LogP contribution is 2.37. The molecule has 1 fully saturated rings. The van der Waals surface area contributed by atoms with E-state index in [-0.39, 0.29) is 23.9 Å². The third-order valence-corrected chi connectivity index (χ3v) is 5.88. The van der Waals surface area contributed by atoms with Crippen LogP contribution in [0.3, 0.4) is 0 Å². The van der Waals surface area contributed by atoms with Gasteiger partial charge in [0.05, 0.1) is 11.6 Å². The number of hydrogen-bond donors (Lipinski definition) is 2. The van der Waals surface area contributed by atoms with Gasteiger partial charge in [0.25, 0.3) is 0 Å². The van der Waals surface area contributed by atoms with E-state index in [0.29, 0.717) is 36.3 Å². The van der Waals surface area contributed by atoms with E-state index in [2.05, 4.69) is 26.1 Å². The van der Waals surface area contributed by atoms with Crippen LogP contribution in [0.4, 0.5) is 0 Å². The van der Waals surface area contributed by atoms with Gasteiger partial charge in [-0.3, -0.25) is 0 Å². The van der Waals surface area contributed by atoms with Crippen LogP contribution in [0, 0.1) is 17.8 Å². The normalized spacial score (nSPS) is 29.7. The summed E-state index contributed by atoms with van der Waals surface area (Å²) in [5, 5.41) is 13.8. The Kier molecular flexibility index (Phi) is 6.02. The number of rotatable bonds is 4. The molecule has 2 N–H and O–H groups in total. The van der Waals surface area contributed by atoms with Crippen LogP contribution in [0.25, 0.3) is 0 Å². The van der Waals surface area contributed by atoms with Crippen molar-refractivity contribution in [3.63, 3.8) is 0 Å². The number of esters is 1. The van der Waals surface area contributed by atoms with Gasteiger partial charge < -0.3 is 15.2 Å². The van der Waals surface area contributed by atoms with Gasteiger partial charge in [-0.1, -0.05) is 57.5 Å². The van der Waals surface area contributed by atoms with Crippen molar-refractivity contribution in [2.24, 2.45) is 17.8 Å². The molecule has 26 heavy (non-hydrogen) atoms. The van der Waals surface area contributed by atoms with Gasteiger partial charge in [-0.25, -0.2) is 4.79 Å². The molecular weight excluding hydrogens is 326 g/mol. The van der Waals surface area contributed by atoms with Gasteiger partial charge in [0.2, 0.25) is 0 Å². The van der Waals surface area contributed by atoms with E-state index in [4.69, 9.17) is 4.74 Å². The van der Waals surface area contributed by atoms with Crippen LogP contribution < -0.4 is 5.32 Å². The van der Waals surface area contributed by atoms with E-state index >= 15 is 0 Å². The predicted octanol–water partition coefficient (Wildman–Crippen LogP) is 4.54. The van der Waals surface area contributed by atoms with Crippen LogP contribution in [0.1, 0.15) is 58.1 Å². The third kappa shape index (κ3) is 4.12. The first-order valence-electron chi connectivity index (χ1n) is 9.88. The lowest BCUT2D eigenvalue weighted by Gasteiger charge is -2.37. The Labute approximate surface area is 156 Å². The minimum atomic E-state index is -0.367. The molecule has 1 heterocycles. The Bertz CT molecular complexity index is 653. The van der Waals surface area contributed by atoms with E-state index in [9.17, 15) is 9.90 Å². The number of hydrogen-bond acceptors (Lipinski definition) is 4. The van der Waals surface area contributed by atoms with Crippen molar-refractivity contribution in [2.75, 3.05) is 6.54 Å². The molecule has 2 aliphatic rings. The summed E-state index contributed by atoms with van der Waals surface area (Å²) in [6, 6.07) is 9.49. The van der Waals surface area contributed by atoms with E-state index in [1.807, 2.05) is 30.3 Å². The van der Waals surface area contributed by atoms with Gasteiger partial charge in [-0.05, 0) is 36.2 Å². The molecule has 4 atom stereocenters. The summed E-state index contributed by atoms with van der Waals surface area (Å²) in [4.78, 5) is 13.1. The molecule has 0 spiro atoms. The molecule has 4 nitrogen and oxygen atoms in total. The monoisotopic (exact) mass is 357 g/mol. The minimum absolute atomic E-state index is 0.0649. The fourth-order valence-electron chi connectivity index (χ4n) is 4.36. The highest BCUT2D eigenvalue weighted by atomic mass is 16.5. The zero-order valence-electron chi connectivity index (χ0n) is 16.1. The summed E-state index contributed by atoms with van der Waals surface area (Å²) in [7, 11) is 0. The van der Waals surface area contributed by atoms with E-state index in [0.717, 1.165) is 18.4 Å². The predicted molar refractivity (Wildman–Crippen MR) is 103 cm³/mol. The lowest BCUT2D eigenvalue weighted by atomic mass is 9.75. The van der Waals surface area contributed by atoms with Crippen LogP contribution in [0.15, 0.2) is 41.7 Å². The van der Waals surface area contributed by atoms with Gasteiger partial charge in [-0.2, -0.15) is 0 Å². The molecule has 1 saturated carbocycles. The largest absolute Gasteiger partial charge is 0.512 e. The van der Waals surface area contributed by atoms with Crippen LogP contribution in [0.2, 0.25) is 0 Å². The first-order chi connectivity index (χ1) is 12.5.